The van der Waals surface area contributed by atoms with Crippen LogP contribution in [0.2, 0.25) is 0 Å². The Balaban J connectivity index is 1.15. The molecule has 3 heterocycles. The second kappa shape index (κ2) is 8.78. The molecule has 7 heteroatoms. The van der Waals surface area contributed by atoms with E-state index in [0.717, 1.165) is 27.7 Å². The molecule has 0 saturated carbocycles. The number of aliphatic hydroxyl groups excluding tert-OH is 1. The van der Waals surface area contributed by atoms with Gasteiger partial charge in [-0.1, -0.05) is 18.2 Å². The van der Waals surface area contributed by atoms with Crippen molar-refractivity contribution in [2.45, 2.75) is 31.1 Å². The Bertz CT molecular complexity index is 1220. The maximum absolute atomic E-state index is 11.2. The quantitative estimate of drug-likeness (QED) is 0.485. The summed E-state index contributed by atoms with van der Waals surface area (Å²) in [5.41, 5.74) is 2.05. The fraction of sp³-hybridized carbons (Fsp3) is 0.320. The first kappa shape index (κ1) is 20.8. The summed E-state index contributed by atoms with van der Waals surface area (Å²) in [5, 5.41) is 22.9. The van der Waals surface area contributed by atoms with Gasteiger partial charge in [-0.3, -0.25) is 14.9 Å². The van der Waals surface area contributed by atoms with Crippen molar-refractivity contribution in [1.29, 1.82) is 0 Å². The van der Waals surface area contributed by atoms with E-state index in [1.165, 1.54) is 0 Å². The van der Waals surface area contributed by atoms with Crippen LogP contribution in [0.4, 0.5) is 0 Å². The zero-order valence-corrected chi connectivity index (χ0v) is 17.8. The summed E-state index contributed by atoms with van der Waals surface area (Å²) in [6.45, 7) is 1.55. The summed E-state index contributed by atoms with van der Waals surface area (Å²) in [7, 11) is 0. The van der Waals surface area contributed by atoms with Crippen molar-refractivity contribution in [3.05, 3.63) is 72.7 Å². The lowest BCUT2D eigenvalue weighted by atomic mass is 9.88. The number of hydrogen-bond donors (Lipinski definition) is 2. The monoisotopic (exact) mass is 430 g/mol. The van der Waals surface area contributed by atoms with E-state index >= 15 is 0 Å². The van der Waals surface area contributed by atoms with Gasteiger partial charge in [0.15, 0.2) is 0 Å². The summed E-state index contributed by atoms with van der Waals surface area (Å²) in [6.07, 6.45) is 4.27. The van der Waals surface area contributed by atoms with Crippen molar-refractivity contribution in [3.8, 4) is 5.75 Å². The molecule has 0 amide bonds. The first-order chi connectivity index (χ1) is 15.6. The Kier molecular flexibility index (Phi) is 5.70. The van der Waals surface area contributed by atoms with Crippen molar-refractivity contribution in [3.63, 3.8) is 0 Å². The summed E-state index contributed by atoms with van der Waals surface area (Å²) in [6, 6.07) is 17.4. The van der Waals surface area contributed by atoms with Crippen LogP contribution in [0.25, 0.3) is 21.9 Å². The number of para-hydroxylation sites is 2. The van der Waals surface area contributed by atoms with E-state index in [0.29, 0.717) is 44.7 Å². The standard InChI is InChI=1S/C25H26N4O3/c30-24(9-15-32-19-8-7-18-4-3-12-26-22(18)16-19)29-13-10-25(31,11-14-29)23-17-27-20-5-1-2-6-21(20)28-23/h1-8,12,16-17,24,30-31H,9-11,13-15H2/t24-/m0/s1. The number of likely N-dealkylation sites (tertiary alicyclic amines) is 1. The first-order valence-electron chi connectivity index (χ1n) is 11.0. The number of pyridine rings is 1. The lowest BCUT2D eigenvalue weighted by molar-refractivity contribution is -0.0836. The first-order valence-corrected chi connectivity index (χ1v) is 11.0. The highest BCUT2D eigenvalue weighted by Gasteiger charge is 2.37. The second-order valence-electron chi connectivity index (χ2n) is 8.29. The highest BCUT2D eigenvalue weighted by molar-refractivity contribution is 5.79. The molecule has 2 aromatic carbocycles. The lowest BCUT2D eigenvalue weighted by Crippen LogP contribution is -2.47. The SMILES string of the molecule is O[C@@H](CCOc1ccc2cccnc2c1)N1CCC(O)(c2cnc3ccccc3n2)CC1. The van der Waals surface area contributed by atoms with Gasteiger partial charge in [0, 0.05) is 37.2 Å². The average molecular weight is 431 g/mol. The summed E-state index contributed by atoms with van der Waals surface area (Å²) in [4.78, 5) is 15.4. The Labute approximate surface area is 186 Å². The molecule has 0 radical (unpaired) electrons. The fourth-order valence-electron chi connectivity index (χ4n) is 4.23. The highest BCUT2D eigenvalue weighted by atomic mass is 16.5. The Hall–Kier alpha value is -3.13. The molecule has 1 aliphatic rings. The van der Waals surface area contributed by atoms with Crippen LogP contribution in [0.15, 0.2) is 67.0 Å². The lowest BCUT2D eigenvalue weighted by Gasteiger charge is -2.39. The van der Waals surface area contributed by atoms with E-state index < -0.39 is 11.8 Å². The van der Waals surface area contributed by atoms with Crippen molar-refractivity contribution < 1.29 is 14.9 Å². The third-order valence-electron chi connectivity index (χ3n) is 6.19. The molecule has 1 fully saturated rings. The van der Waals surface area contributed by atoms with Crippen LogP contribution in [0, 0.1) is 0 Å². The Morgan fingerprint density at radius 3 is 2.62 bits per heavy atom. The third kappa shape index (κ3) is 4.27. The van der Waals surface area contributed by atoms with Gasteiger partial charge < -0.3 is 14.9 Å². The molecule has 2 aromatic heterocycles. The molecule has 2 N–H and O–H groups in total. The fourth-order valence-corrected chi connectivity index (χ4v) is 4.23. The summed E-state index contributed by atoms with van der Waals surface area (Å²) >= 11 is 0. The molecular formula is C25H26N4O3. The number of fused-ring (bicyclic) bond motifs is 2. The minimum Gasteiger partial charge on any atom is -0.493 e. The molecule has 0 spiro atoms. The van der Waals surface area contributed by atoms with Gasteiger partial charge in [-0.05, 0) is 43.2 Å². The van der Waals surface area contributed by atoms with Crippen molar-refractivity contribution in [1.82, 2.24) is 19.9 Å². The number of piperidine rings is 1. The molecule has 5 rings (SSSR count). The molecule has 164 valence electrons. The summed E-state index contributed by atoms with van der Waals surface area (Å²) < 4.78 is 5.83. The van der Waals surface area contributed by atoms with Crippen molar-refractivity contribution in [2.24, 2.45) is 0 Å². The van der Waals surface area contributed by atoms with Gasteiger partial charge >= 0.3 is 0 Å². The van der Waals surface area contributed by atoms with Gasteiger partial charge in [-0.25, -0.2) is 4.98 Å². The molecule has 0 unspecified atom stereocenters. The largest absolute Gasteiger partial charge is 0.493 e. The average Bonchev–Trinajstić information content (AvgIpc) is 2.84. The Morgan fingerprint density at radius 2 is 1.78 bits per heavy atom. The van der Waals surface area contributed by atoms with E-state index in [1.807, 2.05) is 59.5 Å². The van der Waals surface area contributed by atoms with Crippen molar-refractivity contribution in [2.75, 3.05) is 19.7 Å². The predicted octanol–water partition coefficient (Wildman–Crippen LogP) is 3.25. The van der Waals surface area contributed by atoms with Gasteiger partial charge in [0.1, 0.15) is 17.6 Å². The van der Waals surface area contributed by atoms with Crippen LogP contribution in [0.1, 0.15) is 25.0 Å². The van der Waals surface area contributed by atoms with E-state index in [4.69, 9.17) is 4.74 Å². The zero-order valence-electron chi connectivity index (χ0n) is 17.8. The number of aliphatic hydroxyl groups is 2. The van der Waals surface area contributed by atoms with Crippen LogP contribution < -0.4 is 4.74 Å². The van der Waals surface area contributed by atoms with Gasteiger partial charge in [0.25, 0.3) is 0 Å². The molecule has 0 aliphatic carbocycles. The molecule has 0 bridgehead atoms. The molecule has 4 aromatic rings. The minimum atomic E-state index is -1.03. The maximum atomic E-state index is 11.2. The van der Waals surface area contributed by atoms with E-state index in [9.17, 15) is 10.2 Å². The van der Waals surface area contributed by atoms with Crippen LogP contribution in [0.3, 0.4) is 0 Å². The Morgan fingerprint density at radius 1 is 0.969 bits per heavy atom. The topological polar surface area (TPSA) is 91.6 Å². The van der Waals surface area contributed by atoms with E-state index in [-0.39, 0.29) is 0 Å². The molecule has 1 aliphatic heterocycles. The maximum Gasteiger partial charge on any atom is 0.121 e. The van der Waals surface area contributed by atoms with Crippen LogP contribution in [-0.2, 0) is 5.60 Å². The summed E-state index contributed by atoms with van der Waals surface area (Å²) in [5.74, 6) is 0.742. The molecule has 1 atom stereocenters. The predicted molar refractivity (Wildman–Crippen MR) is 122 cm³/mol. The molecule has 1 saturated heterocycles. The normalized spacial score (nSPS) is 17.4. The van der Waals surface area contributed by atoms with Gasteiger partial charge in [-0.2, -0.15) is 0 Å². The zero-order chi connectivity index (χ0) is 22.0. The number of nitrogens with zero attached hydrogens (tertiary/aromatic N) is 4. The smallest absolute Gasteiger partial charge is 0.121 e. The molecular weight excluding hydrogens is 404 g/mol. The number of aromatic nitrogens is 3. The van der Waals surface area contributed by atoms with Crippen LogP contribution in [0.5, 0.6) is 5.75 Å². The third-order valence-corrected chi connectivity index (χ3v) is 6.19. The molecule has 32 heavy (non-hydrogen) atoms. The second-order valence-corrected chi connectivity index (χ2v) is 8.29. The van der Waals surface area contributed by atoms with E-state index in [2.05, 4.69) is 15.0 Å². The molecule has 7 nitrogen and oxygen atoms in total. The van der Waals surface area contributed by atoms with Gasteiger partial charge in [0.2, 0.25) is 0 Å². The highest BCUT2D eigenvalue weighted by Crippen LogP contribution is 2.32. The number of hydrogen-bond acceptors (Lipinski definition) is 7. The van der Waals surface area contributed by atoms with Crippen LogP contribution in [-0.4, -0.2) is 56.0 Å². The van der Waals surface area contributed by atoms with E-state index in [1.54, 1.807) is 12.4 Å². The number of rotatable bonds is 6. The van der Waals surface area contributed by atoms with Crippen molar-refractivity contribution >= 4 is 21.9 Å². The minimum absolute atomic E-state index is 0.399. The van der Waals surface area contributed by atoms with Gasteiger partial charge in [0.05, 0.1) is 35.0 Å². The number of benzene rings is 2. The number of ether oxygens (including phenoxy) is 1. The van der Waals surface area contributed by atoms with Gasteiger partial charge in [-0.15, -0.1) is 0 Å². The van der Waals surface area contributed by atoms with Crippen LogP contribution >= 0.6 is 0 Å².